The first-order valence-electron chi connectivity index (χ1n) is 5.75. The van der Waals surface area contributed by atoms with E-state index in [1.165, 1.54) is 22.3 Å². The summed E-state index contributed by atoms with van der Waals surface area (Å²) in [5.41, 5.74) is 5.37. The van der Waals surface area contributed by atoms with Crippen LogP contribution in [0.25, 0.3) is 0 Å². The van der Waals surface area contributed by atoms with Crippen LogP contribution in [0.2, 0.25) is 0 Å². The third-order valence-electron chi connectivity index (χ3n) is 4.02. The molecule has 0 fully saturated rings. The quantitative estimate of drug-likeness (QED) is 0.613. The van der Waals surface area contributed by atoms with Crippen LogP contribution in [0.1, 0.15) is 46.7 Å². The summed E-state index contributed by atoms with van der Waals surface area (Å²) in [6, 6.07) is 4.57. The van der Waals surface area contributed by atoms with Gasteiger partial charge in [-0.2, -0.15) is 0 Å². The number of fused-ring (bicyclic) bond motifs is 10. The monoisotopic (exact) mass is 210 g/mol. The van der Waals surface area contributed by atoms with E-state index in [0.717, 1.165) is 0 Å². The van der Waals surface area contributed by atoms with Gasteiger partial charge in [0.05, 0.1) is 0 Å². The van der Waals surface area contributed by atoms with Crippen LogP contribution in [0, 0.1) is 0 Å². The van der Waals surface area contributed by atoms with Crippen molar-refractivity contribution in [3.63, 3.8) is 0 Å². The molecule has 0 saturated carbocycles. The second kappa shape index (κ2) is 2.31. The first-order chi connectivity index (χ1) is 7.90. The number of benzene rings is 1. The van der Waals surface area contributed by atoms with Crippen LogP contribution >= 0.6 is 0 Å². The minimum absolute atomic E-state index is 0.188. The van der Waals surface area contributed by atoms with Crippen LogP contribution < -0.4 is 0 Å². The molecule has 4 bridgehead atoms. The van der Waals surface area contributed by atoms with E-state index < -0.39 is 0 Å². The highest BCUT2D eigenvalue weighted by Gasteiger charge is 2.40. The molecule has 16 heavy (non-hydrogen) atoms. The van der Waals surface area contributed by atoms with Gasteiger partial charge in [-0.3, -0.25) is 0 Å². The molecule has 5 rings (SSSR count). The topological polar surface area (TPSA) is 18.5 Å². The average molecular weight is 210 g/mol. The average Bonchev–Trinajstić information content (AvgIpc) is 3.07. The summed E-state index contributed by atoms with van der Waals surface area (Å²) in [6.07, 6.45) is 9.38. The van der Waals surface area contributed by atoms with E-state index >= 15 is 0 Å². The van der Waals surface area contributed by atoms with Crippen molar-refractivity contribution >= 4 is 0 Å². The number of ether oxygens (including phenoxy) is 2. The lowest BCUT2D eigenvalue weighted by Gasteiger charge is -2.13. The third-order valence-corrected chi connectivity index (χ3v) is 4.02. The van der Waals surface area contributed by atoms with Crippen molar-refractivity contribution in [2.24, 2.45) is 0 Å². The van der Waals surface area contributed by atoms with Gasteiger partial charge < -0.3 is 9.47 Å². The molecule has 1 aromatic rings. The zero-order chi connectivity index (χ0) is 10.3. The van der Waals surface area contributed by atoms with E-state index in [4.69, 9.17) is 9.47 Å². The largest absolute Gasteiger partial charge is 0.357 e. The minimum Gasteiger partial charge on any atom is -0.357 e. The number of hydrogen-bond acceptors (Lipinski definition) is 2. The zero-order valence-corrected chi connectivity index (χ0v) is 8.59. The molecular weight excluding hydrogens is 200 g/mol. The molecule has 0 radical (unpaired) electrons. The van der Waals surface area contributed by atoms with Gasteiger partial charge in [0.15, 0.2) is 0 Å². The molecule has 0 aliphatic carbocycles. The maximum absolute atomic E-state index is 5.84. The minimum atomic E-state index is 0.188. The van der Waals surface area contributed by atoms with E-state index in [2.05, 4.69) is 36.4 Å². The highest BCUT2D eigenvalue weighted by atomic mass is 16.5. The first-order valence-corrected chi connectivity index (χ1v) is 5.75. The smallest absolute Gasteiger partial charge is 0.102 e. The molecule has 2 heteroatoms. The van der Waals surface area contributed by atoms with Crippen molar-refractivity contribution < 1.29 is 9.47 Å². The van der Waals surface area contributed by atoms with Crippen LogP contribution in [-0.4, -0.2) is 0 Å². The predicted octanol–water partition coefficient (Wildman–Crippen LogP) is 3.05. The third kappa shape index (κ3) is 0.721. The lowest BCUT2D eigenvalue weighted by molar-refractivity contribution is 0.0840. The van der Waals surface area contributed by atoms with Crippen molar-refractivity contribution in [3.8, 4) is 0 Å². The van der Waals surface area contributed by atoms with Gasteiger partial charge in [0.2, 0.25) is 0 Å². The molecule has 2 nitrogen and oxygen atoms in total. The van der Waals surface area contributed by atoms with Crippen molar-refractivity contribution in [1.29, 1.82) is 0 Å². The Kier molecular flexibility index (Phi) is 1.13. The summed E-state index contributed by atoms with van der Waals surface area (Å²) < 4.78 is 11.7. The summed E-state index contributed by atoms with van der Waals surface area (Å²) in [5, 5.41) is 0. The fourth-order valence-corrected chi connectivity index (χ4v) is 3.26. The van der Waals surface area contributed by atoms with Gasteiger partial charge in [-0.1, -0.05) is 24.3 Å². The Bertz CT molecular complexity index is 476. The van der Waals surface area contributed by atoms with Crippen LogP contribution in [0.15, 0.2) is 36.4 Å². The summed E-state index contributed by atoms with van der Waals surface area (Å²) in [7, 11) is 0. The van der Waals surface area contributed by atoms with E-state index in [0.29, 0.717) is 0 Å². The second-order valence-corrected chi connectivity index (χ2v) is 4.83. The Morgan fingerprint density at radius 3 is 1.19 bits per heavy atom. The fourth-order valence-electron chi connectivity index (χ4n) is 3.26. The molecule has 0 amide bonds. The molecule has 0 unspecified atom stereocenters. The van der Waals surface area contributed by atoms with E-state index in [-0.39, 0.29) is 24.4 Å². The van der Waals surface area contributed by atoms with Crippen molar-refractivity contribution in [2.75, 3.05) is 0 Å². The SMILES string of the molecule is C1=C[C@H]2O[C@H]1c1cc3c(cc12)[C@H]1C=C[C@H]3O1. The molecule has 0 spiro atoms. The van der Waals surface area contributed by atoms with Gasteiger partial charge in [-0.05, 0) is 34.4 Å². The highest BCUT2D eigenvalue weighted by molar-refractivity contribution is 5.53. The summed E-state index contributed by atoms with van der Waals surface area (Å²) in [6.45, 7) is 0. The van der Waals surface area contributed by atoms with Gasteiger partial charge in [-0.15, -0.1) is 0 Å². The number of rotatable bonds is 0. The summed E-state index contributed by atoms with van der Waals surface area (Å²) >= 11 is 0. The van der Waals surface area contributed by atoms with Crippen LogP contribution in [0.3, 0.4) is 0 Å². The van der Waals surface area contributed by atoms with E-state index in [1.807, 2.05) is 0 Å². The normalized spacial score (nSPS) is 39.5. The summed E-state index contributed by atoms with van der Waals surface area (Å²) in [5.74, 6) is 0. The Labute approximate surface area is 93.2 Å². The summed E-state index contributed by atoms with van der Waals surface area (Å²) in [4.78, 5) is 0. The Morgan fingerprint density at radius 1 is 0.562 bits per heavy atom. The van der Waals surface area contributed by atoms with Gasteiger partial charge >= 0.3 is 0 Å². The predicted molar refractivity (Wildman–Crippen MR) is 57.9 cm³/mol. The van der Waals surface area contributed by atoms with Crippen LogP contribution in [0.4, 0.5) is 0 Å². The molecule has 1 aromatic carbocycles. The van der Waals surface area contributed by atoms with Crippen molar-refractivity contribution in [1.82, 2.24) is 0 Å². The molecule has 78 valence electrons. The Hall–Kier alpha value is -1.38. The van der Waals surface area contributed by atoms with E-state index in [1.54, 1.807) is 0 Å². The fraction of sp³-hybridized carbons (Fsp3) is 0.286. The van der Waals surface area contributed by atoms with Gasteiger partial charge in [-0.25, -0.2) is 0 Å². The van der Waals surface area contributed by atoms with Gasteiger partial charge in [0, 0.05) is 0 Å². The van der Waals surface area contributed by atoms with Crippen molar-refractivity contribution in [2.45, 2.75) is 24.4 Å². The molecular formula is C14H10O2. The molecule has 4 heterocycles. The first kappa shape index (κ1) is 7.82. The highest BCUT2D eigenvalue weighted by Crippen LogP contribution is 2.52. The molecule has 4 atom stereocenters. The van der Waals surface area contributed by atoms with Crippen molar-refractivity contribution in [3.05, 3.63) is 58.7 Å². The molecule has 4 aliphatic rings. The second-order valence-electron chi connectivity index (χ2n) is 4.83. The molecule has 0 saturated heterocycles. The zero-order valence-electron chi connectivity index (χ0n) is 8.59. The lowest BCUT2D eigenvalue weighted by atomic mass is 9.88. The van der Waals surface area contributed by atoms with Crippen LogP contribution in [0.5, 0.6) is 0 Å². The Morgan fingerprint density at radius 2 is 0.875 bits per heavy atom. The van der Waals surface area contributed by atoms with Gasteiger partial charge in [0.25, 0.3) is 0 Å². The van der Waals surface area contributed by atoms with E-state index in [9.17, 15) is 0 Å². The Balaban J connectivity index is 1.80. The molecule has 4 aliphatic heterocycles. The number of hydrogen-bond donors (Lipinski definition) is 0. The standard InChI is InChI=1S/C14H10O2/c1-2-12-8-6-10-9(5-7(8)11(1)15-12)13-3-4-14(10)16-13/h1-6,11-14H/t11-,12-,13-,14-/m1/s1. The lowest BCUT2D eigenvalue weighted by Crippen LogP contribution is -2.00. The van der Waals surface area contributed by atoms with Crippen LogP contribution in [-0.2, 0) is 9.47 Å². The molecule has 0 N–H and O–H groups in total. The maximum atomic E-state index is 5.84. The molecule has 0 aromatic heterocycles. The van der Waals surface area contributed by atoms with Gasteiger partial charge in [0.1, 0.15) is 24.4 Å². The maximum Gasteiger partial charge on any atom is 0.102 e.